The molecule has 24 heavy (non-hydrogen) atoms. The molecule has 6 N–H and O–H groups in total. The van der Waals surface area contributed by atoms with Gasteiger partial charge in [0.2, 0.25) is 0 Å². The Morgan fingerprint density at radius 2 is 2.08 bits per heavy atom. The number of aromatic nitrogens is 3. The number of carbonyl (C=O) groups is 1. The number of hydrogen-bond acceptors (Lipinski definition) is 4. The van der Waals surface area contributed by atoms with Gasteiger partial charge in [-0.05, 0) is 76.2 Å². The van der Waals surface area contributed by atoms with Gasteiger partial charge in [-0.25, -0.2) is 4.98 Å². The third-order valence-electron chi connectivity index (χ3n) is 4.43. The van der Waals surface area contributed by atoms with Gasteiger partial charge in [0, 0.05) is 12.2 Å². The zero-order valence-corrected chi connectivity index (χ0v) is 16.4. The van der Waals surface area contributed by atoms with Crippen molar-refractivity contribution in [2.24, 2.45) is 11.8 Å². The summed E-state index contributed by atoms with van der Waals surface area (Å²) in [6.07, 6.45) is 1.70. The van der Waals surface area contributed by atoms with Crippen molar-refractivity contribution >= 4 is 43.7 Å². The van der Waals surface area contributed by atoms with E-state index < -0.39 is 0 Å². The van der Waals surface area contributed by atoms with Crippen LogP contribution >= 0.6 is 31.9 Å². The van der Waals surface area contributed by atoms with Crippen LogP contribution in [0.5, 0.6) is 0 Å². The number of rotatable bonds is 5. The Morgan fingerprint density at radius 3 is 2.75 bits per heavy atom. The number of H-pyrrole nitrogens is 2. The first-order valence-corrected chi connectivity index (χ1v) is 9.36. The molecule has 0 bridgehead atoms. The molecule has 2 atom stereocenters. The maximum Gasteiger partial charge on any atom is 0.267 e. The molecule has 1 aliphatic rings. The Labute approximate surface area is 156 Å². The fourth-order valence-corrected chi connectivity index (χ4v) is 3.89. The Hall–Kier alpha value is -1.32. The highest BCUT2D eigenvalue weighted by Crippen LogP contribution is 2.29. The summed E-state index contributed by atoms with van der Waals surface area (Å²) in [5, 5.41) is 6.26. The number of halogens is 2. The highest BCUT2D eigenvalue weighted by atomic mass is 79.9. The van der Waals surface area contributed by atoms with Crippen LogP contribution < -0.4 is 16.4 Å². The van der Waals surface area contributed by atoms with Gasteiger partial charge in [-0.1, -0.05) is 0 Å². The molecule has 1 amide bonds. The second-order valence-corrected chi connectivity index (χ2v) is 7.74. The van der Waals surface area contributed by atoms with Crippen LogP contribution in [0.1, 0.15) is 21.9 Å². The monoisotopic (exact) mass is 458 g/mol. The minimum Gasteiger partial charge on any atom is -0.369 e. The van der Waals surface area contributed by atoms with E-state index in [0.29, 0.717) is 30.0 Å². The molecule has 3 rings (SSSR count). The first-order valence-electron chi connectivity index (χ1n) is 7.78. The third-order valence-corrected chi connectivity index (χ3v) is 6.22. The molecule has 0 radical (unpaired) electrons. The van der Waals surface area contributed by atoms with Crippen LogP contribution in [0.4, 0.5) is 5.95 Å². The zero-order valence-electron chi connectivity index (χ0n) is 13.2. The van der Waals surface area contributed by atoms with Crippen molar-refractivity contribution in [1.29, 1.82) is 0 Å². The van der Waals surface area contributed by atoms with Crippen LogP contribution in [-0.2, 0) is 12.8 Å². The van der Waals surface area contributed by atoms with Crippen LogP contribution in [0.2, 0.25) is 0 Å². The summed E-state index contributed by atoms with van der Waals surface area (Å²) in [4.78, 5) is 22.8. The third kappa shape index (κ3) is 3.68. The lowest BCUT2D eigenvalue weighted by Gasteiger charge is -2.30. The standard InChI is InChI=1S/C15H20Br2N6O/c1-19-5-7-2-10-11(23-15(18)22-10)3-8(7)6-20-14(24)12-4-9(16)13(17)21-12/h4,7-8,19,21H,2-3,5-6H2,1H3,(H,20,24)(H3,18,22,23). The first-order chi connectivity index (χ1) is 11.5. The molecular formula is C15H20Br2N6O. The molecule has 0 saturated heterocycles. The number of nitrogen functional groups attached to an aromatic ring is 1. The molecule has 2 unspecified atom stereocenters. The molecule has 2 heterocycles. The van der Waals surface area contributed by atoms with Crippen molar-refractivity contribution in [1.82, 2.24) is 25.6 Å². The molecular weight excluding hydrogens is 440 g/mol. The topological polar surface area (TPSA) is 112 Å². The number of imidazole rings is 1. The summed E-state index contributed by atoms with van der Waals surface area (Å²) >= 11 is 6.72. The van der Waals surface area contributed by atoms with Crippen molar-refractivity contribution in [3.8, 4) is 0 Å². The van der Waals surface area contributed by atoms with Crippen molar-refractivity contribution in [2.75, 3.05) is 25.9 Å². The van der Waals surface area contributed by atoms with Gasteiger partial charge in [-0.3, -0.25) is 4.79 Å². The van der Waals surface area contributed by atoms with Gasteiger partial charge in [-0.15, -0.1) is 0 Å². The van der Waals surface area contributed by atoms with Gasteiger partial charge in [0.15, 0.2) is 5.95 Å². The molecule has 2 aromatic rings. The molecule has 0 aliphatic heterocycles. The fourth-order valence-electron chi connectivity index (χ4n) is 3.23. The van der Waals surface area contributed by atoms with Gasteiger partial charge in [0.25, 0.3) is 5.91 Å². The number of anilines is 1. The number of hydrogen-bond donors (Lipinski definition) is 5. The number of carbonyl (C=O) groups excluding carboxylic acids is 1. The molecule has 0 saturated carbocycles. The van der Waals surface area contributed by atoms with E-state index in [4.69, 9.17) is 5.73 Å². The summed E-state index contributed by atoms with van der Waals surface area (Å²) in [7, 11) is 1.94. The van der Waals surface area contributed by atoms with Crippen molar-refractivity contribution in [3.63, 3.8) is 0 Å². The van der Waals surface area contributed by atoms with E-state index in [1.165, 1.54) is 0 Å². The Bertz CT molecular complexity index is 721. The smallest absolute Gasteiger partial charge is 0.267 e. The number of nitrogens with one attached hydrogen (secondary N) is 4. The van der Waals surface area contributed by atoms with E-state index >= 15 is 0 Å². The summed E-state index contributed by atoms with van der Waals surface area (Å²) in [5.41, 5.74) is 8.44. The molecule has 2 aromatic heterocycles. The highest BCUT2D eigenvalue weighted by Gasteiger charge is 2.30. The summed E-state index contributed by atoms with van der Waals surface area (Å²) < 4.78 is 1.59. The summed E-state index contributed by atoms with van der Waals surface area (Å²) in [6.45, 7) is 1.49. The van der Waals surface area contributed by atoms with Gasteiger partial charge in [0.1, 0.15) is 5.69 Å². The Kier molecular flexibility index (Phi) is 5.31. The van der Waals surface area contributed by atoms with Gasteiger partial charge in [-0.2, -0.15) is 0 Å². The maximum atomic E-state index is 12.3. The fraction of sp³-hybridized carbons (Fsp3) is 0.467. The van der Waals surface area contributed by atoms with E-state index in [-0.39, 0.29) is 5.91 Å². The second kappa shape index (κ2) is 7.28. The Morgan fingerprint density at radius 1 is 1.33 bits per heavy atom. The van der Waals surface area contributed by atoms with E-state index in [1.54, 1.807) is 6.07 Å². The zero-order chi connectivity index (χ0) is 17.3. The predicted molar refractivity (Wildman–Crippen MR) is 99.8 cm³/mol. The van der Waals surface area contributed by atoms with Crippen molar-refractivity contribution in [2.45, 2.75) is 12.8 Å². The maximum absolute atomic E-state index is 12.3. The lowest BCUT2D eigenvalue weighted by Crippen LogP contribution is -2.40. The molecule has 130 valence electrons. The summed E-state index contributed by atoms with van der Waals surface area (Å²) in [6, 6.07) is 1.76. The SMILES string of the molecule is CNCC1Cc2nc(N)[nH]c2CC1CNC(=O)c1cc(Br)c(Br)[nH]1. The van der Waals surface area contributed by atoms with E-state index in [2.05, 4.69) is 57.4 Å². The van der Waals surface area contributed by atoms with Crippen LogP contribution in [0.15, 0.2) is 15.1 Å². The van der Waals surface area contributed by atoms with Crippen LogP contribution in [0.3, 0.4) is 0 Å². The normalized spacial score (nSPS) is 20.0. The minimum absolute atomic E-state index is 0.112. The molecule has 0 spiro atoms. The van der Waals surface area contributed by atoms with Crippen LogP contribution in [-0.4, -0.2) is 41.0 Å². The van der Waals surface area contributed by atoms with Gasteiger partial charge < -0.3 is 26.3 Å². The molecule has 1 aliphatic carbocycles. The molecule has 9 heteroatoms. The molecule has 7 nitrogen and oxygen atoms in total. The van der Waals surface area contributed by atoms with E-state index in [0.717, 1.165) is 39.9 Å². The van der Waals surface area contributed by atoms with E-state index in [9.17, 15) is 4.79 Å². The largest absolute Gasteiger partial charge is 0.369 e. The number of amides is 1. The average Bonchev–Trinajstić information content (AvgIpc) is 3.06. The van der Waals surface area contributed by atoms with Crippen LogP contribution in [0.25, 0.3) is 0 Å². The van der Waals surface area contributed by atoms with Crippen LogP contribution in [0, 0.1) is 11.8 Å². The quantitative estimate of drug-likeness (QED) is 0.469. The summed E-state index contributed by atoms with van der Waals surface area (Å²) in [5.74, 6) is 1.09. The average molecular weight is 460 g/mol. The van der Waals surface area contributed by atoms with Crippen molar-refractivity contribution in [3.05, 3.63) is 32.2 Å². The van der Waals surface area contributed by atoms with Gasteiger partial charge in [0.05, 0.1) is 14.8 Å². The molecule has 0 fully saturated rings. The highest BCUT2D eigenvalue weighted by molar-refractivity contribution is 9.13. The van der Waals surface area contributed by atoms with Crippen molar-refractivity contribution < 1.29 is 4.79 Å². The predicted octanol–water partition coefficient (Wildman–Crippen LogP) is 1.83. The first kappa shape index (κ1) is 17.5. The molecule has 0 aromatic carbocycles. The van der Waals surface area contributed by atoms with E-state index in [1.807, 2.05) is 7.05 Å². The number of aromatic amines is 2. The number of nitrogens with two attached hydrogens (primary N) is 1. The van der Waals surface area contributed by atoms with Gasteiger partial charge >= 0.3 is 0 Å². The number of nitrogens with zero attached hydrogens (tertiary/aromatic N) is 1. The number of fused-ring (bicyclic) bond motifs is 1. The second-order valence-electron chi connectivity index (χ2n) is 6.09. The Balaban J connectivity index is 1.67. The lowest BCUT2D eigenvalue weighted by molar-refractivity contribution is 0.0935. The lowest BCUT2D eigenvalue weighted by atomic mass is 9.79. The minimum atomic E-state index is -0.112.